The van der Waals surface area contributed by atoms with Crippen molar-refractivity contribution in [3.05, 3.63) is 78.1 Å². The molecule has 0 aliphatic carbocycles. The zero-order chi connectivity index (χ0) is 26.0. The van der Waals surface area contributed by atoms with Crippen molar-refractivity contribution in [1.82, 2.24) is 14.1 Å². The van der Waals surface area contributed by atoms with E-state index in [4.69, 9.17) is 11.1 Å². The maximum Gasteiger partial charge on any atom is 0.250 e. The van der Waals surface area contributed by atoms with Gasteiger partial charge in [-0.2, -0.15) is 0 Å². The third kappa shape index (κ3) is 4.81. The molecule has 0 aliphatic heterocycles. The minimum atomic E-state index is -0.461. The smallest absolute Gasteiger partial charge is 0.250 e. The second-order valence-electron chi connectivity index (χ2n) is 9.78. The second kappa shape index (κ2) is 9.83. The molecule has 0 fully saturated rings. The summed E-state index contributed by atoms with van der Waals surface area (Å²) in [6, 6.07) is 11.9. The molecule has 6 N–H and O–H groups in total. The summed E-state index contributed by atoms with van der Waals surface area (Å²) in [5.74, 6) is -0.461. The molecule has 0 radical (unpaired) electrons. The lowest BCUT2D eigenvalue weighted by Crippen LogP contribution is -2.72. The van der Waals surface area contributed by atoms with Gasteiger partial charge in [0.2, 0.25) is 0 Å². The highest BCUT2D eigenvalue weighted by atomic mass is 16.1. The number of anilines is 1. The topological polar surface area (TPSA) is 118 Å². The van der Waals surface area contributed by atoms with E-state index < -0.39 is 5.91 Å². The Morgan fingerprint density at radius 3 is 2.64 bits per heavy atom. The molecule has 0 saturated carbocycles. The van der Waals surface area contributed by atoms with Crippen LogP contribution in [0, 0.1) is 5.41 Å². The predicted molar refractivity (Wildman–Crippen MR) is 146 cm³/mol. The summed E-state index contributed by atoms with van der Waals surface area (Å²) < 4.78 is 4.17. The second-order valence-corrected chi connectivity index (χ2v) is 9.78. The molecular formula is C28H34N7O+. The first kappa shape index (κ1) is 24.9. The van der Waals surface area contributed by atoms with Crippen LogP contribution in [0.2, 0.25) is 0 Å². The van der Waals surface area contributed by atoms with Gasteiger partial charge in [0.15, 0.2) is 0 Å². The fraction of sp³-hybridized carbons (Fsp3) is 0.250. The first-order chi connectivity index (χ1) is 17.2. The molecule has 0 atom stereocenters. The number of imidazole rings is 1. The van der Waals surface area contributed by atoms with Crippen LogP contribution < -0.4 is 16.4 Å². The number of aryl methyl sites for hydroxylation is 1. The molecule has 0 saturated heterocycles. The van der Waals surface area contributed by atoms with Gasteiger partial charge in [-0.05, 0) is 63.1 Å². The van der Waals surface area contributed by atoms with Gasteiger partial charge in [0.1, 0.15) is 6.20 Å². The molecule has 0 aliphatic rings. The number of carbonyl (C=O) groups excluding carboxylic acids is 1. The third-order valence-corrected chi connectivity index (χ3v) is 5.98. The van der Waals surface area contributed by atoms with Crippen LogP contribution in [0.5, 0.6) is 0 Å². The van der Waals surface area contributed by atoms with E-state index in [1.807, 2.05) is 68.3 Å². The van der Waals surface area contributed by atoms with E-state index in [1.54, 1.807) is 12.4 Å². The van der Waals surface area contributed by atoms with E-state index in [0.717, 1.165) is 40.0 Å². The molecule has 4 rings (SSSR count). The standard InChI is InChI=1S/C28H33N7O/c1-6-18-15-35(20-10-11-21(27(30)36)22(12-20)33-28(2,3)4)25-9-7-8-24(26(18)25)34-16-23(32-17-34)19(13-29)14-31-5/h7-17,29,31,33H,6H2,1-5H3,(H2,30,36)/p+1. The van der Waals surface area contributed by atoms with Gasteiger partial charge >= 0.3 is 0 Å². The lowest BCUT2D eigenvalue weighted by Gasteiger charge is -2.24. The zero-order valence-corrected chi connectivity index (χ0v) is 21.5. The van der Waals surface area contributed by atoms with Crippen molar-refractivity contribution in [2.45, 2.75) is 39.7 Å². The van der Waals surface area contributed by atoms with E-state index in [1.165, 1.54) is 11.8 Å². The van der Waals surface area contributed by atoms with Crippen LogP contribution in [-0.4, -0.2) is 38.8 Å². The molecule has 2 aromatic carbocycles. The van der Waals surface area contributed by atoms with Crippen molar-refractivity contribution in [2.24, 2.45) is 5.73 Å². The highest BCUT2D eigenvalue weighted by molar-refractivity contribution is 6.07. The summed E-state index contributed by atoms with van der Waals surface area (Å²) in [4.78, 5) is 16.6. The van der Waals surface area contributed by atoms with Crippen LogP contribution >= 0.6 is 0 Å². The van der Waals surface area contributed by atoms with Crippen molar-refractivity contribution in [3.63, 3.8) is 0 Å². The molecule has 2 aromatic heterocycles. The van der Waals surface area contributed by atoms with Gasteiger partial charge in [0.05, 0.1) is 41.4 Å². The van der Waals surface area contributed by atoms with Gasteiger partial charge in [-0.15, -0.1) is 0 Å². The number of hydrogen-bond donors (Lipinski definition) is 4. The molecule has 0 unspecified atom stereocenters. The average Bonchev–Trinajstić information content (AvgIpc) is 3.46. The van der Waals surface area contributed by atoms with Crippen LogP contribution in [0.15, 0.2) is 61.3 Å². The highest BCUT2D eigenvalue weighted by Crippen LogP contribution is 2.33. The summed E-state index contributed by atoms with van der Waals surface area (Å²) in [5.41, 5.74) is 12.3. The average molecular weight is 485 g/mol. The van der Waals surface area contributed by atoms with E-state index >= 15 is 0 Å². The molecule has 186 valence electrons. The van der Waals surface area contributed by atoms with Crippen molar-refractivity contribution < 1.29 is 10.1 Å². The Morgan fingerprint density at radius 1 is 1.22 bits per heavy atom. The Labute approximate surface area is 211 Å². The summed E-state index contributed by atoms with van der Waals surface area (Å²) >= 11 is 0. The fourth-order valence-electron chi connectivity index (χ4n) is 4.44. The summed E-state index contributed by atoms with van der Waals surface area (Å²) in [5, 5.41) is 14.2. The van der Waals surface area contributed by atoms with Gasteiger partial charge in [-0.1, -0.05) is 13.0 Å². The molecule has 36 heavy (non-hydrogen) atoms. The van der Waals surface area contributed by atoms with Crippen molar-refractivity contribution >= 4 is 34.3 Å². The van der Waals surface area contributed by atoms with Crippen molar-refractivity contribution in [3.8, 4) is 11.4 Å². The van der Waals surface area contributed by atoms with E-state index in [9.17, 15) is 4.79 Å². The zero-order valence-electron chi connectivity index (χ0n) is 21.5. The largest absolute Gasteiger partial charge is 0.380 e. The van der Waals surface area contributed by atoms with Crippen molar-refractivity contribution in [2.75, 3.05) is 12.4 Å². The number of nitrogens with two attached hydrogens (primary N) is 2. The molecule has 4 aromatic rings. The van der Waals surface area contributed by atoms with Crippen molar-refractivity contribution in [1.29, 1.82) is 5.41 Å². The molecule has 2 heterocycles. The molecule has 0 spiro atoms. The van der Waals surface area contributed by atoms with Crippen LogP contribution in [0.3, 0.4) is 0 Å². The Morgan fingerprint density at radius 2 is 2.00 bits per heavy atom. The third-order valence-electron chi connectivity index (χ3n) is 5.98. The first-order valence-electron chi connectivity index (χ1n) is 12.1. The van der Waals surface area contributed by atoms with Gasteiger partial charge in [0, 0.05) is 40.9 Å². The Balaban J connectivity index is 1.88. The number of quaternary nitrogens is 1. The van der Waals surface area contributed by atoms with Crippen LogP contribution in [0.1, 0.15) is 49.3 Å². The lowest BCUT2D eigenvalue weighted by molar-refractivity contribution is -0.555. The Kier molecular flexibility index (Phi) is 6.81. The number of amides is 1. The van der Waals surface area contributed by atoms with Gasteiger partial charge in [-0.25, -0.2) is 4.98 Å². The van der Waals surface area contributed by atoms with Gasteiger partial charge in [-0.3, -0.25) is 4.79 Å². The van der Waals surface area contributed by atoms with E-state index in [0.29, 0.717) is 11.3 Å². The fourth-order valence-corrected chi connectivity index (χ4v) is 4.44. The van der Waals surface area contributed by atoms with E-state index in [2.05, 4.69) is 40.1 Å². The number of benzene rings is 2. The number of hydrogen-bond acceptors (Lipinski definition) is 4. The van der Waals surface area contributed by atoms with Crippen LogP contribution in [0.4, 0.5) is 5.69 Å². The minimum Gasteiger partial charge on any atom is -0.380 e. The first-order valence-corrected chi connectivity index (χ1v) is 12.1. The number of aromatic nitrogens is 3. The molecule has 1 amide bonds. The summed E-state index contributed by atoms with van der Waals surface area (Å²) in [6.45, 7) is 8.29. The maximum atomic E-state index is 12.1. The van der Waals surface area contributed by atoms with Crippen LogP contribution in [0.25, 0.3) is 27.9 Å². The monoisotopic (exact) mass is 484 g/mol. The van der Waals surface area contributed by atoms with Gasteiger partial charge in [0.25, 0.3) is 5.91 Å². The predicted octanol–water partition coefficient (Wildman–Crippen LogP) is 3.87. The highest BCUT2D eigenvalue weighted by Gasteiger charge is 2.19. The normalized spacial score (nSPS) is 12.2. The number of rotatable bonds is 8. The molecule has 8 heteroatoms. The molecule has 0 bridgehead atoms. The Bertz CT molecular complexity index is 1470. The molecular weight excluding hydrogens is 450 g/mol. The number of nitrogens with one attached hydrogen (secondary N) is 2. The number of nitrogens with zero attached hydrogens (tertiary/aromatic N) is 3. The summed E-state index contributed by atoms with van der Waals surface area (Å²) in [7, 11) is 1.93. The SMILES string of the molecule is CCc1cn(-c2ccc(C(N)=O)c(NC(C)(C)C)c2)c2cccc(-n3cnc(C(C=N)=C[NH2+]C)c3)c12. The summed E-state index contributed by atoms with van der Waals surface area (Å²) in [6.07, 6.45) is 9.96. The number of primary amides is 1. The number of allylic oxidation sites excluding steroid dienone is 1. The Hall–Kier alpha value is -4.17. The lowest BCUT2D eigenvalue weighted by atomic mass is 10.1. The number of carbonyl (C=O) groups is 1. The molecule has 8 nitrogen and oxygen atoms in total. The van der Waals surface area contributed by atoms with Crippen LogP contribution in [-0.2, 0) is 6.42 Å². The van der Waals surface area contributed by atoms with E-state index in [-0.39, 0.29) is 5.54 Å². The number of fused-ring (bicyclic) bond motifs is 1. The quantitative estimate of drug-likeness (QED) is 0.284. The maximum absolute atomic E-state index is 12.1. The van der Waals surface area contributed by atoms with Gasteiger partial charge < -0.3 is 30.9 Å². The minimum absolute atomic E-state index is 0.234.